The number of likely N-dealkylation sites (tertiary alicyclic amines) is 1. The molecule has 3 aromatic rings. The molecule has 1 saturated heterocycles. The number of halogens is 1. The molecule has 180 valence electrons. The number of carbonyl (C=O) groups is 2. The smallest absolute Gasteiger partial charge is 0.295 e. The van der Waals surface area contributed by atoms with E-state index in [1.54, 1.807) is 60.9 Å². The van der Waals surface area contributed by atoms with Crippen molar-refractivity contribution in [3.63, 3.8) is 0 Å². The molecule has 0 aliphatic carbocycles. The Labute approximate surface area is 208 Å². The highest BCUT2D eigenvalue weighted by Gasteiger charge is 2.44. The van der Waals surface area contributed by atoms with Crippen LogP contribution in [0, 0.1) is 0 Å². The molecule has 1 unspecified atom stereocenters. The summed E-state index contributed by atoms with van der Waals surface area (Å²) in [5, 5.41) is 14.0. The van der Waals surface area contributed by atoms with Crippen LogP contribution in [-0.4, -0.2) is 30.3 Å². The second-order valence-electron chi connectivity index (χ2n) is 8.08. The molecule has 1 amide bonds. The Hall–Kier alpha value is -3.84. The summed E-state index contributed by atoms with van der Waals surface area (Å²) >= 11 is 5.97. The van der Waals surface area contributed by atoms with E-state index in [-0.39, 0.29) is 17.7 Å². The molecule has 7 nitrogen and oxygen atoms in total. The van der Waals surface area contributed by atoms with E-state index in [4.69, 9.17) is 21.1 Å². The van der Waals surface area contributed by atoms with Gasteiger partial charge in [0.05, 0.1) is 26.3 Å². The van der Waals surface area contributed by atoms with Crippen molar-refractivity contribution in [2.24, 2.45) is 0 Å². The van der Waals surface area contributed by atoms with E-state index >= 15 is 0 Å². The minimum absolute atomic E-state index is 0.110. The Morgan fingerprint density at radius 1 is 1.11 bits per heavy atom. The quantitative estimate of drug-likeness (QED) is 0.273. The highest BCUT2D eigenvalue weighted by molar-refractivity contribution is 6.46. The first kappa shape index (κ1) is 24.3. The van der Waals surface area contributed by atoms with Gasteiger partial charge >= 0.3 is 0 Å². The number of benzene rings is 2. The fourth-order valence-corrected chi connectivity index (χ4v) is 4.17. The summed E-state index contributed by atoms with van der Waals surface area (Å²) in [6.07, 6.45) is 4.32. The summed E-state index contributed by atoms with van der Waals surface area (Å²) in [6, 6.07) is 14.2. The molecule has 1 atom stereocenters. The van der Waals surface area contributed by atoms with Gasteiger partial charge in [-0.1, -0.05) is 42.5 Å². The molecule has 2 aromatic carbocycles. The van der Waals surface area contributed by atoms with Gasteiger partial charge in [0.25, 0.3) is 5.91 Å². The van der Waals surface area contributed by atoms with E-state index < -0.39 is 23.5 Å². The lowest BCUT2D eigenvalue weighted by atomic mass is 9.95. The second-order valence-corrected chi connectivity index (χ2v) is 8.52. The van der Waals surface area contributed by atoms with Crippen molar-refractivity contribution in [3.05, 3.63) is 94.3 Å². The Morgan fingerprint density at radius 3 is 2.54 bits per heavy atom. The van der Waals surface area contributed by atoms with Crippen LogP contribution in [0.3, 0.4) is 0 Å². The number of H-pyrrole nitrogens is 1. The van der Waals surface area contributed by atoms with E-state index in [2.05, 4.69) is 4.98 Å². The molecule has 2 heterocycles. The number of hydrogen-bond donors (Lipinski definition) is 0. The highest BCUT2D eigenvalue weighted by Crippen LogP contribution is 2.42. The Balaban J connectivity index is 1.85. The lowest BCUT2D eigenvalue weighted by Crippen LogP contribution is -2.29. The van der Waals surface area contributed by atoms with Crippen LogP contribution in [0.25, 0.3) is 5.76 Å². The van der Waals surface area contributed by atoms with Gasteiger partial charge in [0.2, 0.25) is 5.78 Å². The number of carbonyl (C=O) groups excluding carboxylic acids is 2. The molecular formula is C27H25ClN2O5. The highest BCUT2D eigenvalue weighted by atomic mass is 35.5. The number of nitrogens with zero attached hydrogens (tertiary/aromatic N) is 1. The van der Waals surface area contributed by atoms with Crippen LogP contribution < -0.4 is 19.6 Å². The average Bonchev–Trinajstić information content (AvgIpc) is 3.13. The van der Waals surface area contributed by atoms with Gasteiger partial charge in [-0.05, 0) is 47.9 Å². The zero-order valence-corrected chi connectivity index (χ0v) is 20.2. The number of methoxy groups -OCH3 is 1. The normalized spacial score (nSPS) is 17.0. The fraction of sp³-hybridized carbons (Fsp3) is 0.222. The van der Waals surface area contributed by atoms with Gasteiger partial charge in [0.15, 0.2) is 23.9 Å². The maximum Gasteiger partial charge on any atom is 0.295 e. The maximum absolute atomic E-state index is 13.5. The molecule has 1 N–H and O–H groups in total. The largest absolute Gasteiger partial charge is 0.872 e. The average molecular weight is 493 g/mol. The number of ether oxygens (including phenoxy) is 2. The van der Waals surface area contributed by atoms with Crippen LogP contribution in [0.5, 0.6) is 11.5 Å². The number of aromatic amines is 1. The number of rotatable bonds is 8. The first-order chi connectivity index (χ1) is 16.9. The van der Waals surface area contributed by atoms with Crippen molar-refractivity contribution in [3.8, 4) is 11.5 Å². The number of amides is 1. The molecule has 1 fully saturated rings. The van der Waals surface area contributed by atoms with Gasteiger partial charge in [0.1, 0.15) is 0 Å². The number of Topliss-reactive ketones (excluding diaryl/α,β-unsaturated/α-hetero) is 1. The van der Waals surface area contributed by atoms with Gasteiger partial charge in [-0.25, -0.2) is 4.98 Å². The lowest BCUT2D eigenvalue weighted by molar-refractivity contribution is -0.378. The monoisotopic (exact) mass is 492 g/mol. The van der Waals surface area contributed by atoms with Crippen LogP contribution >= 0.6 is 11.6 Å². The Morgan fingerprint density at radius 2 is 1.89 bits per heavy atom. The molecule has 1 aliphatic rings. The number of ketones is 1. The number of nitrogens with one attached hydrogen (secondary N) is 1. The van der Waals surface area contributed by atoms with Gasteiger partial charge < -0.3 is 19.5 Å². The minimum atomic E-state index is -0.896. The van der Waals surface area contributed by atoms with E-state index in [1.807, 2.05) is 13.0 Å². The summed E-state index contributed by atoms with van der Waals surface area (Å²) in [6.45, 7) is 2.65. The number of hydrogen-bond acceptors (Lipinski definition) is 5. The standard InChI is InChI=1S/C27H25ClN2O5/c1-3-13-35-21-11-8-19(14-22(21)34-2)24-23(25(31)18-6-9-20(28)10-7-18)26(32)27(33)30(24)16-17-5-4-12-29-15-17/h4-12,14-15,24,31H,3,13,16H2,1-2H3. The Bertz CT molecular complexity index is 1260. The van der Waals surface area contributed by atoms with Crippen LogP contribution in [0.2, 0.25) is 5.02 Å². The molecule has 0 saturated carbocycles. The summed E-state index contributed by atoms with van der Waals surface area (Å²) in [4.78, 5) is 30.8. The third-order valence-corrected chi connectivity index (χ3v) is 5.98. The SMILES string of the molecule is CCCOc1ccc(C2C(=C([O-])c3ccc(Cl)cc3)C(=O)C(=O)N2Cc2ccc[nH+]c2)cc1OC. The van der Waals surface area contributed by atoms with Crippen molar-refractivity contribution in [1.29, 1.82) is 0 Å². The fourth-order valence-electron chi connectivity index (χ4n) is 4.05. The van der Waals surface area contributed by atoms with Gasteiger partial charge in [-0.15, -0.1) is 0 Å². The predicted molar refractivity (Wildman–Crippen MR) is 128 cm³/mol. The van der Waals surface area contributed by atoms with Crippen LogP contribution in [-0.2, 0) is 16.1 Å². The van der Waals surface area contributed by atoms with Crippen LogP contribution in [0.15, 0.2) is 72.6 Å². The van der Waals surface area contributed by atoms with E-state index in [9.17, 15) is 14.7 Å². The number of pyridine rings is 1. The van der Waals surface area contributed by atoms with Crippen molar-refractivity contribution in [2.45, 2.75) is 25.9 Å². The van der Waals surface area contributed by atoms with E-state index in [0.29, 0.717) is 28.7 Å². The summed E-state index contributed by atoms with van der Waals surface area (Å²) in [7, 11) is 1.52. The third kappa shape index (κ3) is 5.00. The van der Waals surface area contributed by atoms with Crippen molar-refractivity contribution in [2.75, 3.05) is 13.7 Å². The number of aromatic nitrogens is 1. The molecule has 1 aromatic heterocycles. The molecule has 0 spiro atoms. The zero-order valence-electron chi connectivity index (χ0n) is 19.4. The summed E-state index contributed by atoms with van der Waals surface area (Å²) in [5.74, 6) is -1.07. The first-order valence-corrected chi connectivity index (χ1v) is 11.6. The topological polar surface area (TPSA) is 93.0 Å². The van der Waals surface area contributed by atoms with Crippen LogP contribution in [0.1, 0.15) is 36.1 Å². The molecule has 1 aliphatic heterocycles. The van der Waals surface area contributed by atoms with Crippen LogP contribution in [0.4, 0.5) is 0 Å². The minimum Gasteiger partial charge on any atom is -0.872 e. The Kier molecular flexibility index (Phi) is 7.36. The van der Waals surface area contributed by atoms with E-state index in [0.717, 1.165) is 12.0 Å². The zero-order chi connectivity index (χ0) is 24.9. The molecule has 35 heavy (non-hydrogen) atoms. The first-order valence-electron chi connectivity index (χ1n) is 11.2. The molecule has 4 rings (SSSR count). The molecule has 0 bridgehead atoms. The summed E-state index contributed by atoms with van der Waals surface area (Å²) in [5.41, 5.74) is 1.53. The predicted octanol–water partition coefficient (Wildman–Crippen LogP) is 3.38. The third-order valence-electron chi connectivity index (χ3n) is 5.73. The van der Waals surface area contributed by atoms with Crippen molar-refractivity contribution >= 4 is 29.1 Å². The van der Waals surface area contributed by atoms with E-state index in [1.165, 1.54) is 12.0 Å². The van der Waals surface area contributed by atoms with Gasteiger partial charge in [-0.3, -0.25) is 9.59 Å². The molecule has 0 radical (unpaired) electrons. The summed E-state index contributed by atoms with van der Waals surface area (Å²) < 4.78 is 11.3. The molecule has 8 heteroatoms. The van der Waals surface area contributed by atoms with Gasteiger partial charge in [-0.2, -0.15) is 0 Å². The van der Waals surface area contributed by atoms with Crippen molar-refractivity contribution < 1.29 is 29.2 Å². The van der Waals surface area contributed by atoms with Gasteiger partial charge in [0, 0.05) is 22.2 Å². The molecular weight excluding hydrogens is 468 g/mol. The maximum atomic E-state index is 13.5. The second kappa shape index (κ2) is 10.6. The van der Waals surface area contributed by atoms with Crippen molar-refractivity contribution in [1.82, 2.24) is 4.90 Å². The lowest BCUT2D eigenvalue weighted by Gasteiger charge is -2.28.